The largest absolute Gasteiger partial charge is 0.325 e. The van der Waals surface area contributed by atoms with E-state index in [1.165, 1.54) is 4.31 Å². The Kier molecular flexibility index (Phi) is 5.36. The van der Waals surface area contributed by atoms with E-state index < -0.39 is 15.9 Å². The van der Waals surface area contributed by atoms with Crippen LogP contribution in [0.2, 0.25) is 0 Å². The first-order valence-electron chi connectivity index (χ1n) is 9.56. The summed E-state index contributed by atoms with van der Waals surface area (Å²) in [5.74, 6) is -0.464. The Hall–Kier alpha value is -3.12. The summed E-state index contributed by atoms with van der Waals surface area (Å²) in [5.41, 5.74) is 2.95. The molecule has 0 aromatic heterocycles. The molecule has 5 nitrogen and oxygen atoms in total. The zero-order chi connectivity index (χ0) is 20.3. The van der Waals surface area contributed by atoms with Crippen LogP contribution < -0.4 is 9.62 Å². The number of amides is 1. The molecule has 4 rings (SSSR count). The SMILES string of the molecule is O=C(Nc1cccc(N2CCCS2(=O)=O)c1)C(c1ccccc1)c1ccccc1. The fraction of sp³-hybridized carbons (Fsp3) is 0.174. The molecular formula is C23H22N2O3S. The Morgan fingerprint density at radius 3 is 2.03 bits per heavy atom. The number of anilines is 2. The van der Waals surface area contributed by atoms with Crippen LogP contribution >= 0.6 is 0 Å². The number of hydrogen-bond acceptors (Lipinski definition) is 3. The van der Waals surface area contributed by atoms with Crippen molar-refractivity contribution < 1.29 is 13.2 Å². The number of nitrogens with one attached hydrogen (secondary N) is 1. The van der Waals surface area contributed by atoms with Crippen LogP contribution in [-0.2, 0) is 14.8 Å². The highest BCUT2D eigenvalue weighted by Crippen LogP contribution is 2.29. The Morgan fingerprint density at radius 2 is 1.48 bits per heavy atom. The van der Waals surface area contributed by atoms with E-state index in [-0.39, 0.29) is 11.7 Å². The molecule has 1 saturated heterocycles. The van der Waals surface area contributed by atoms with E-state index in [1.54, 1.807) is 24.3 Å². The van der Waals surface area contributed by atoms with Gasteiger partial charge in [0, 0.05) is 12.2 Å². The molecular weight excluding hydrogens is 384 g/mol. The second-order valence-corrected chi connectivity index (χ2v) is 9.05. The summed E-state index contributed by atoms with van der Waals surface area (Å²) in [6, 6.07) is 26.2. The highest BCUT2D eigenvalue weighted by molar-refractivity contribution is 7.93. The maximum absolute atomic E-state index is 13.2. The van der Waals surface area contributed by atoms with E-state index in [9.17, 15) is 13.2 Å². The van der Waals surface area contributed by atoms with E-state index in [4.69, 9.17) is 0 Å². The van der Waals surface area contributed by atoms with Crippen LogP contribution in [0, 0.1) is 0 Å². The molecule has 148 valence electrons. The van der Waals surface area contributed by atoms with Gasteiger partial charge >= 0.3 is 0 Å². The van der Waals surface area contributed by atoms with Crippen molar-refractivity contribution in [1.29, 1.82) is 0 Å². The molecule has 1 aliphatic rings. The predicted molar refractivity (Wildman–Crippen MR) is 116 cm³/mol. The first kappa shape index (κ1) is 19.2. The molecule has 0 radical (unpaired) electrons. The van der Waals surface area contributed by atoms with E-state index in [1.807, 2.05) is 60.7 Å². The minimum absolute atomic E-state index is 0.160. The molecule has 0 aliphatic carbocycles. The van der Waals surface area contributed by atoms with Crippen molar-refractivity contribution in [3.63, 3.8) is 0 Å². The predicted octanol–water partition coefficient (Wildman–Crippen LogP) is 4.00. The average molecular weight is 407 g/mol. The minimum atomic E-state index is -3.27. The van der Waals surface area contributed by atoms with Gasteiger partial charge in [0.15, 0.2) is 0 Å². The normalized spacial score (nSPS) is 15.4. The van der Waals surface area contributed by atoms with Gasteiger partial charge in [-0.1, -0.05) is 66.7 Å². The second kappa shape index (κ2) is 8.09. The lowest BCUT2D eigenvalue weighted by Gasteiger charge is -2.20. The molecule has 1 fully saturated rings. The van der Waals surface area contributed by atoms with Gasteiger partial charge in [0.1, 0.15) is 0 Å². The van der Waals surface area contributed by atoms with Crippen LogP contribution in [0.3, 0.4) is 0 Å². The minimum Gasteiger partial charge on any atom is -0.325 e. The van der Waals surface area contributed by atoms with Gasteiger partial charge in [0.25, 0.3) is 0 Å². The lowest BCUT2D eigenvalue weighted by atomic mass is 9.90. The highest BCUT2D eigenvalue weighted by Gasteiger charge is 2.29. The van der Waals surface area contributed by atoms with E-state index in [0.717, 1.165) is 11.1 Å². The number of carbonyl (C=O) groups is 1. The number of sulfonamides is 1. The molecule has 1 amide bonds. The molecule has 3 aromatic rings. The van der Waals surface area contributed by atoms with Crippen LogP contribution in [0.1, 0.15) is 23.5 Å². The smallest absolute Gasteiger partial charge is 0.236 e. The molecule has 6 heteroatoms. The molecule has 0 unspecified atom stereocenters. The van der Waals surface area contributed by atoms with Crippen molar-refractivity contribution in [2.75, 3.05) is 21.9 Å². The topological polar surface area (TPSA) is 66.5 Å². The van der Waals surface area contributed by atoms with Crippen LogP contribution in [0.5, 0.6) is 0 Å². The van der Waals surface area contributed by atoms with Gasteiger partial charge in [-0.15, -0.1) is 0 Å². The number of hydrogen-bond donors (Lipinski definition) is 1. The van der Waals surface area contributed by atoms with Crippen molar-refractivity contribution in [3.05, 3.63) is 96.1 Å². The Labute approximate surface area is 171 Å². The van der Waals surface area contributed by atoms with Crippen molar-refractivity contribution in [1.82, 2.24) is 0 Å². The van der Waals surface area contributed by atoms with E-state index >= 15 is 0 Å². The first-order valence-corrected chi connectivity index (χ1v) is 11.2. The third kappa shape index (κ3) is 4.17. The second-order valence-electron chi connectivity index (χ2n) is 7.04. The van der Waals surface area contributed by atoms with Crippen LogP contribution in [-0.4, -0.2) is 26.6 Å². The van der Waals surface area contributed by atoms with Gasteiger partial charge in [0.05, 0.1) is 17.4 Å². The zero-order valence-electron chi connectivity index (χ0n) is 15.9. The summed E-state index contributed by atoms with van der Waals surface area (Å²) < 4.78 is 25.8. The summed E-state index contributed by atoms with van der Waals surface area (Å²) in [4.78, 5) is 13.2. The molecule has 29 heavy (non-hydrogen) atoms. The van der Waals surface area contributed by atoms with Crippen LogP contribution in [0.4, 0.5) is 11.4 Å². The van der Waals surface area contributed by atoms with Crippen molar-refractivity contribution in [2.24, 2.45) is 0 Å². The lowest BCUT2D eigenvalue weighted by Crippen LogP contribution is -2.25. The molecule has 0 bridgehead atoms. The quantitative estimate of drug-likeness (QED) is 0.697. The monoisotopic (exact) mass is 406 g/mol. The van der Waals surface area contributed by atoms with Gasteiger partial charge in [-0.25, -0.2) is 8.42 Å². The molecule has 3 aromatic carbocycles. The van der Waals surface area contributed by atoms with Crippen molar-refractivity contribution in [3.8, 4) is 0 Å². The standard InChI is InChI=1S/C23H22N2O3S/c26-23(22(18-9-3-1-4-10-18)19-11-5-2-6-12-19)24-20-13-7-14-21(17-20)25-15-8-16-29(25,27)28/h1-7,9-14,17,22H,8,15-16H2,(H,24,26). The van der Waals surface area contributed by atoms with Gasteiger partial charge in [-0.05, 0) is 35.7 Å². The third-order valence-corrected chi connectivity index (χ3v) is 6.90. The fourth-order valence-electron chi connectivity index (χ4n) is 3.67. The average Bonchev–Trinajstić information content (AvgIpc) is 3.09. The Balaban J connectivity index is 1.63. The molecule has 0 saturated carbocycles. The summed E-state index contributed by atoms with van der Waals surface area (Å²) in [6.07, 6.45) is 0.614. The Bertz CT molecular complexity index is 1060. The van der Waals surface area contributed by atoms with Crippen LogP contribution in [0.15, 0.2) is 84.9 Å². The third-order valence-electron chi connectivity index (χ3n) is 5.03. The molecule has 1 aliphatic heterocycles. The molecule has 0 atom stereocenters. The number of nitrogens with zero attached hydrogens (tertiary/aromatic N) is 1. The zero-order valence-corrected chi connectivity index (χ0v) is 16.7. The van der Waals surface area contributed by atoms with Gasteiger partial charge < -0.3 is 5.32 Å². The van der Waals surface area contributed by atoms with Crippen LogP contribution in [0.25, 0.3) is 0 Å². The van der Waals surface area contributed by atoms with Crippen molar-refractivity contribution in [2.45, 2.75) is 12.3 Å². The van der Waals surface area contributed by atoms with Gasteiger partial charge in [-0.3, -0.25) is 9.10 Å². The molecule has 1 N–H and O–H groups in total. The molecule has 1 heterocycles. The van der Waals surface area contributed by atoms with Gasteiger partial charge in [0.2, 0.25) is 15.9 Å². The summed E-state index contributed by atoms with van der Waals surface area (Å²) in [6.45, 7) is 0.469. The highest BCUT2D eigenvalue weighted by atomic mass is 32.2. The maximum Gasteiger partial charge on any atom is 0.236 e. The first-order chi connectivity index (χ1) is 14.0. The number of benzene rings is 3. The Morgan fingerprint density at radius 1 is 0.862 bits per heavy atom. The van der Waals surface area contributed by atoms with Gasteiger partial charge in [-0.2, -0.15) is 0 Å². The number of carbonyl (C=O) groups excluding carboxylic acids is 1. The summed E-state index contributed by atoms with van der Waals surface area (Å²) >= 11 is 0. The lowest BCUT2D eigenvalue weighted by molar-refractivity contribution is -0.116. The van der Waals surface area contributed by atoms with E-state index in [0.29, 0.717) is 24.3 Å². The summed E-state index contributed by atoms with van der Waals surface area (Å²) in [7, 11) is -3.27. The summed E-state index contributed by atoms with van der Waals surface area (Å²) in [5, 5.41) is 2.97. The number of rotatable bonds is 5. The maximum atomic E-state index is 13.2. The molecule has 0 spiro atoms. The fourth-order valence-corrected chi connectivity index (χ4v) is 5.23. The van der Waals surface area contributed by atoms with E-state index in [2.05, 4.69) is 5.32 Å². The van der Waals surface area contributed by atoms with Crippen molar-refractivity contribution >= 4 is 27.3 Å².